The summed E-state index contributed by atoms with van der Waals surface area (Å²) >= 11 is 0. The number of anilines is 2. The Balaban J connectivity index is 0.570. The minimum absolute atomic E-state index is 0.00481. The molecule has 4 aliphatic rings. The van der Waals surface area contributed by atoms with Crippen molar-refractivity contribution in [2.75, 3.05) is 95.7 Å². The zero-order chi connectivity index (χ0) is 55.8. The molecular weight excluding hydrogens is 1030 g/mol. The number of aromatic nitrogens is 4. The zero-order valence-corrected chi connectivity index (χ0v) is 45.1. The average molecular weight is 1100 g/mol. The van der Waals surface area contributed by atoms with Gasteiger partial charge in [-0.1, -0.05) is 24.6 Å². The van der Waals surface area contributed by atoms with Gasteiger partial charge in [0.25, 0.3) is 17.7 Å². The third-order valence-electron chi connectivity index (χ3n) is 14.9. The number of pyridine rings is 1. The van der Waals surface area contributed by atoms with Gasteiger partial charge in [-0.25, -0.2) is 4.39 Å². The third kappa shape index (κ3) is 14.4. The molecule has 6 amide bonds. The van der Waals surface area contributed by atoms with Crippen LogP contribution in [-0.2, 0) is 34.1 Å². The number of unbranched alkanes of at least 4 members (excludes halogenated alkanes) is 3. The van der Waals surface area contributed by atoms with E-state index in [4.69, 9.17) is 18.9 Å². The number of hydrogen-bond donors (Lipinski definition) is 5. The maximum atomic E-state index is 15.3. The minimum atomic E-state index is -1.14. The van der Waals surface area contributed by atoms with Crippen LogP contribution in [0.25, 0.3) is 11.4 Å². The Morgan fingerprint density at radius 2 is 1.45 bits per heavy atom. The van der Waals surface area contributed by atoms with Gasteiger partial charge < -0.3 is 49.7 Å². The minimum Gasteiger partial charge on any atom is -0.494 e. The number of halogens is 1. The standard InChI is InChI=1S/C58H70FN11O10/c1-39(62-53(73)42-8-6-9-43(36-42)65-58(19-23-61-24-20-58)57-64-52(66-67-57)41-17-21-60-22-18-41)40-11-13-44(14-12-40)80-31-5-3-2-4-29-77-32-34-79-35-33-78-30-7-10-51(72)69-27-25-68(26-28-69)49-38-46-45(37-47(49)59)55(75)70(56(46)76)48-15-16-50(71)63-54(48)74/h6,8-9,11-14,17-18,21-22,36-39,48,61,65H,2-5,7,10,15-16,19-20,23-35H2,1H3,(H,62,73)(H,63,71,74)(H,64,66,67)/t39-,48?/m1/s1. The van der Waals surface area contributed by atoms with Crippen LogP contribution >= 0.6 is 0 Å². The summed E-state index contributed by atoms with van der Waals surface area (Å²) < 4.78 is 38.4. The number of H-pyrrole nitrogens is 1. The number of piperazine rings is 1. The average Bonchev–Trinajstić information content (AvgIpc) is 4.15. The Labute approximate surface area is 464 Å². The van der Waals surface area contributed by atoms with Gasteiger partial charge in [0.05, 0.1) is 61.4 Å². The summed E-state index contributed by atoms with van der Waals surface area (Å²) in [6, 6.07) is 20.2. The molecule has 2 aromatic heterocycles. The van der Waals surface area contributed by atoms with E-state index in [2.05, 4.69) is 41.4 Å². The molecule has 4 aliphatic heterocycles. The van der Waals surface area contributed by atoms with Crippen LogP contribution in [0.2, 0.25) is 0 Å². The maximum Gasteiger partial charge on any atom is 0.262 e. The Morgan fingerprint density at radius 3 is 2.16 bits per heavy atom. The van der Waals surface area contributed by atoms with E-state index in [0.717, 1.165) is 91.0 Å². The van der Waals surface area contributed by atoms with Crippen LogP contribution < -0.4 is 30.9 Å². The maximum absolute atomic E-state index is 15.3. The Kier molecular flexibility index (Phi) is 19.6. The number of nitrogens with one attached hydrogen (secondary N) is 5. The number of ether oxygens (including phenoxy) is 4. The van der Waals surface area contributed by atoms with Crippen LogP contribution in [0.3, 0.4) is 0 Å². The fourth-order valence-corrected chi connectivity index (χ4v) is 10.4. The molecule has 0 saturated carbocycles. The molecule has 80 heavy (non-hydrogen) atoms. The summed E-state index contributed by atoms with van der Waals surface area (Å²) in [7, 11) is 0. The van der Waals surface area contributed by atoms with Crippen LogP contribution in [0.5, 0.6) is 5.75 Å². The van der Waals surface area contributed by atoms with Crippen molar-refractivity contribution >= 4 is 46.8 Å². The number of hydrogen-bond acceptors (Lipinski definition) is 16. The number of carbonyl (C=O) groups is 6. The van der Waals surface area contributed by atoms with Crippen molar-refractivity contribution in [3.63, 3.8) is 0 Å². The summed E-state index contributed by atoms with van der Waals surface area (Å²) in [5.41, 5.74) is 2.81. The summed E-state index contributed by atoms with van der Waals surface area (Å²) in [5.74, 6) is -1.33. The molecule has 0 spiro atoms. The number of amides is 6. The number of imide groups is 2. The van der Waals surface area contributed by atoms with Crippen LogP contribution in [0, 0.1) is 5.82 Å². The Morgan fingerprint density at radius 1 is 0.775 bits per heavy atom. The topological polar surface area (TPSA) is 252 Å². The van der Waals surface area contributed by atoms with Gasteiger partial charge in [0.2, 0.25) is 17.7 Å². The van der Waals surface area contributed by atoms with E-state index in [9.17, 15) is 28.8 Å². The first-order valence-corrected chi connectivity index (χ1v) is 27.7. The number of carbonyl (C=O) groups excluding carboxylic acids is 6. The highest BCUT2D eigenvalue weighted by molar-refractivity contribution is 6.23. The van der Waals surface area contributed by atoms with Gasteiger partial charge in [-0.2, -0.15) is 0 Å². The second-order valence-electron chi connectivity index (χ2n) is 20.4. The predicted octanol–water partition coefficient (Wildman–Crippen LogP) is 5.71. The second-order valence-corrected chi connectivity index (χ2v) is 20.4. The zero-order valence-electron chi connectivity index (χ0n) is 45.1. The summed E-state index contributed by atoms with van der Waals surface area (Å²) in [4.78, 5) is 88.5. The van der Waals surface area contributed by atoms with Crippen molar-refractivity contribution in [2.24, 2.45) is 0 Å². The lowest BCUT2D eigenvalue weighted by Crippen LogP contribution is -2.54. The smallest absolute Gasteiger partial charge is 0.262 e. The monoisotopic (exact) mass is 1100 g/mol. The predicted molar refractivity (Wildman–Crippen MR) is 293 cm³/mol. The molecule has 0 radical (unpaired) electrons. The highest BCUT2D eigenvalue weighted by Gasteiger charge is 2.45. The number of nitrogens with zero attached hydrogens (tertiary/aromatic N) is 6. The first kappa shape index (κ1) is 57.0. The van der Waals surface area contributed by atoms with Crippen LogP contribution in [0.15, 0.2) is 85.2 Å². The van der Waals surface area contributed by atoms with E-state index >= 15 is 4.39 Å². The largest absolute Gasteiger partial charge is 0.494 e. The molecule has 3 fully saturated rings. The molecule has 0 aliphatic carbocycles. The van der Waals surface area contributed by atoms with Gasteiger partial charge in [-0.3, -0.25) is 44.0 Å². The van der Waals surface area contributed by atoms with E-state index in [1.807, 2.05) is 67.6 Å². The molecule has 3 saturated heterocycles. The molecule has 3 aromatic carbocycles. The van der Waals surface area contributed by atoms with E-state index in [1.165, 1.54) is 6.07 Å². The number of aromatic amines is 1. The van der Waals surface area contributed by atoms with E-state index < -0.39 is 41.0 Å². The normalized spacial score (nSPS) is 17.5. The SMILES string of the molecule is C[C@@H](NC(=O)c1cccc(NC2(c3nnc(-c4ccncc4)[nH]3)CCNCC2)c1)c1ccc(OCCCCCCOCCOCCOCCCC(=O)N2CCN(c3cc4c(cc3F)C(=O)N(C3CCC(=O)NC3=O)C4=O)CC2)cc1. The van der Waals surface area contributed by atoms with Gasteiger partial charge in [0, 0.05) is 81.4 Å². The van der Waals surface area contributed by atoms with Crippen molar-refractivity contribution in [3.05, 3.63) is 119 Å². The van der Waals surface area contributed by atoms with Crippen molar-refractivity contribution in [1.82, 2.24) is 45.9 Å². The fourth-order valence-electron chi connectivity index (χ4n) is 10.4. The highest BCUT2D eigenvalue weighted by Crippen LogP contribution is 2.35. The van der Waals surface area contributed by atoms with Crippen molar-refractivity contribution in [3.8, 4) is 17.1 Å². The van der Waals surface area contributed by atoms with Crippen LogP contribution in [0.1, 0.15) is 120 Å². The second kappa shape index (κ2) is 27.5. The Hall–Kier alpha value is -7.66. The van der Waals surface area contributed by atoms with Crippen molar-refractivity contribution in [2.45, 2.75) is 88.8 Å². The third-order valence-corrected chi connectivity index (χ3v) is 14.9. The van der Waals surface area contributed by atoms with E-state index in [1.54, 1.807) is 22.2 Å². The number of fused-ring (bicyclic) bond motifs is 1. The van der Waals surface area contributed by atoms with Gasteiger partial charge in [-0.15, -0.1) is 10.2 Å². The molecule has 1 unspecified atom stereocenters. The lowest BCUT2D eigenvalue weighted by Gasteiger charge is -2.37. The van der Waals surface area contributed by atoms with Gasteiger partial charge in [-0.05, 0) is 125 Å². The van der Waals surface area contributed by atoms with Crippen LogP contribution in [-0.4, -0.2) is 157 Å². The first-order valence-electron chi connectivity index (χ1n) is 27.7. The molecular formula is C58H70FN11O10. The molecule has 21 nitrogen and oxygen atoms in total. The summed E-state index contributed by atoms with van der Waals surface area (Å²) in [6.07, 6.45) is 9.80. The Bertz CT molecular complexity index is 2950. The molecule has 5 N–H and O–H groups in total. The summed E-state index contributed by atoms with van der Waals surface area (Å²) in [5, 5.41) is 21.4. The van der Waals surface area contributed by atoms with Gasteiger partial charge in [0.1, 0.15) is 17.6 Å². The van der Waals surface area contributed by atoms with Crippen LogP contribution in [0.4, 0.5) is 15.8 Å². The molecule has 0 bridgehead atoms. The highest BCUT2D eigenvalue weighted by atomic mass is 19.1. The van der Waals surface area contributed by atoms with E-state index in [-0.39, 0.29) is 47.5 Å². The quantitative estimate of drug-likeness (QED) is 0.0312. The lowest BCUT2D eigenvalue weighted by molar-refractivity contribution is -0.136. The van der Waals surface area contributed by atoms with Gasteiger partial charge >= 0.3 is 0 Å². The molecule has 5 aromatic rings. The number of piperidine rings is 2. The van der Waals surface area contributed by atoms with E-state index in [0.29, 0.717) is 96.7 Å². The molecule has 424 valence electrons. The number of rotatable bonds is 27. The van der Waals surface area contributed by atoms with Crippen molar-refractivity contribution < 1.29 is 52.1 Å². The van der Waals surface area contributed by atoms with Crippen molar-refractivity contribution in [1.29, 1.82) is 0 Å². The molecule has 2 atom stereocenters. The van der Waals surface area contributed by atoms with Gasteiger partial charge in [0.15, 0.2) is 11.6 Å². The number of benzene rings is 3. The fraction of sp³-hybridized carbons (Fsp3) is 0.466. The molecule has 9 rings (SSSR count). The first-order chi connectivity index (χ1) is 39.0. The molecule has 22 heteroatoms. The lowest BCUT2D eigenvalue weighted by atomic mass is 9.87. The summed E-state index contributed by atoms with van der Waals surface area (Å²) in [6.45, 7) is 8.42. The molecule has 6 heterocycles.